The molecule has 0 aliphatic heterocycles. The molecule has 0 atom stereocenters. The van der Waals surface area contributed by atoms with E-state index in [-0.39, 0.29) is 5.54 Å². The molecule has 0 radical (unpaired) electrons. The summed E-state index contributed by atoms with van der Waals surface area (Å²) >= 11 is 12.0. The molecule has 0 saturated carbocycles. The standard InChI is InChI=1S/C15H15Cl2N/c1-15(2,18-12-6-4-3-5-7-12)11-8-9-13(16)14(17)10-11/h3-10,18H,1-2H3. The second-order valence-electron chi connectivity index (χ2n) is 4.74. The average molecular weight is 280 g/mol. The van der Waals surface area contributed by atoms with Crippen molar-refractivity contribution in [3.05, 3.63) is 64.1 Å². The molecule has 18 heavy (non-hydrogen) atoms. The van der Waals surface area contributed by atoms with Gasteiger partial charge in [-0.3, -0.25) is 0 Å². The highest BCUT2D eigenvalue weighted by Crippen LogP contribution is 2.30. The van der Waals surface area contributed by atoms with Gasteiger partial charge in [-0.1, -0.05) is 47.5 Å². The van der Waals surface area contributed by atoms with Crippen LogP contribution in [0.25, 0.3) is 0 Å². The van der Waals surface area contributed by atoms with E-state index in [9.17, 15) is 0 Å². The first-order valence-corrected chi connectivity index (χ1v) is 6.53. The van der Waals surface area contributed by atoms with Crippen LogP contribution in [0.2, 0.25) is 10.0 Å². The molecule has 1 N–H and O–H groups in total. The zero-order valence-corrected chi connectivity index (χ0v) is 11.9. The van der Waals surface area contributed by atoms with Gasteiger partial charge in [-0.25, -0.2) is 0 Å². The zero-order valence-electron chi connectivity index (χ0n) is 10.4. The van der Waals surface area contributed by atoms with E-state index < -0.39 is 0 Å². The summed E-state index contributed by atoms with van der Waals surface area (Å²) in [6.45, 7) is 4.22. The van der Waals surface area contributed by atoms with Crippen molar-refractivity contribution in [1.82, 2.24) is 0 Å². The summed E-state index contributed by atoms with van der Waals surface area (Å²) in [5, 5.41) is 4.64. The molecule has 0 saturated heterocycles. The van der Waals surface area contributed by atoms with E-state index in [1.807, 2.05) is 48.5 Å². The molecule has 3 heteroatoms. The van der Waals surface area contributed by atoms with E-state index in [2.05, 4.69) is 19.2 Å². The monoisotopic (exact) mass is 279 g/mol. The van der Waals surface area contributed by atoms with Gasteiger partial charge in [0.15, 0.2) is 0 Å². The third-order valence-electron chi connectivity index (χ3n) is 2.87. The second kappa shape index (κ2) is 5.21. The van der Waals surface area contributed by atoms with Crippen molar-refractivity contribution >= 4 is 28.9 Å². The van der Waals surface area contributed by atoms with Crippen LogP contribution in [0.5, 0.6) is 0 Å². The summed E-state index contributed by atoms with van der Waals surface area (Å²) in [7, 11) is 0. The number of benzene rings is 2. The minimum absolute atomic E-state index is 0.213. The predicted molar refractivity (Wildman–Crippen MR) is 79.6 cm³/mol. The Kier molecular flexibility index (Phi) is 3.84. The minimum Gasteiger partial charge on any atom is -0.376 e. The van der Waals surface area contributed by atoms with E-state index in [1.54, 1.807) is 0 Å². The molecule has 0 fully saturated rings. The molecule has 2 aromatic rings. The lowest BCUT2D eigenvalue weighted by molar-refractivity contribution is 0.609. The number of rotatable bonds is 3. The molecule has 0 aliphatic rings. The van der Waals surface area contributed by atoms with Gasteiger partial charge in [-0.2, -0.15) is 0 Å². The Morgan fingerprint density at radius 3 is 2.17 bits per heavy atom. The number of nitrogens with one attached hydrogen (secondary N) is 1. The highest BCUT2D eigenvalue weighted by Gasteiger charge is 2.20. The van der Waals surface area contributed by atoms with Gasteiger partial charge in [-0.15, -0.1) is 0 Å². The zero-order chi connectivity index (χ0) is 13.2. The summed E-state index contributed by atoms with van der Waals surface area (Å²) in [5.41, 5.74) is 1.96. The van der Waals surface area contributed by atoms with Crippen LogP contribution < -0.4 is 5.32 Å². The molecular formula is C15H15Cl2N. The topological polar surface area (TPSA) is 12.0 Å². The number of hydrogen-bond donors (Lipinski definition) is 1. The van der Waals surface area contributed by atoms with Gasteiger partial charge in [0.1, 0.15) is 0 Å². The Morgan fingerprint density at radius 2 is 1.56 bits per heavy atom. The Labute approximate surface area is 118 Å². The van der Waals surface area contributed by atoms with Crippen LogP contribution >= 0.6 is 23.2 Å². The lowest BCUT2D eigenvalue weighted by atomic mass is 9.94. The molecule has 2 rings (SSSR count). The highest BCUT2D eigenvalue weighted by atomic mass is 35.5. The predicted octanol–water partition coefficient (Wildman–Crippen LogP) is 5.34. The van der Waals surface area contributed by atoms with Gasteiger partial charge in [0.05, 0.1) is 15.6 Å². The summed E-state index contributed by atoms with van der Waals surface area (Å²) in [4.78, 5) is 0. The fraction of sp³-hybridized carbons (Fsp3) is 0.200. The van der Waals surface area contributed by atoms with Crippen molar-refractivity contribution in [1.29, 1.82) is 0 Å². The maximum atomic E-state index is 6.06. The number of hydrogen-bond acceptors (Lipinski definition) is 1. The van der Waals surface area contributed by atoms with Gasteiger partial charge < -0.3 is 5.32 Å². The van der Waals surface area contributed by atoms with Crippen molar-refractivity contribution in [3.8, 4) is 0 Å². The van der Waals surface area contributed by atoms with Crippen molar-refractivity contribution < 1.29 is 0 Å². The van der Waals surface area contributed by atoms with Crippen LogP contribution in [-0.4, -0.2) is 0 Å². The summed E-state index contributed by atoms with van der Waals surface area (Å²) in [6, 6.07) is 15.8. The van der Waals surface area contributed by atoms with Crippen molar-refractivity contribution in [2.75, 3.05) is 5.32 Å². The van der Waals surface area contributed by atoms with E-state index in [0.717, 1.165) is 11.3 Å². The summed E-state index contributed by atoms with van der Waals surface area (Å²) in [6.07, 6.45) is 0. The molecule has 1 nitrogen and oxygen atoms in total. The van der Waals surface area contributed by atoms with E-state index in [4.69, 9.17) is 23.2 Å². The normalized spacial score (nSPS) is 11.3. The highest BCUT2D eigenvalue weighted by molar-refractivity contribution is 6.42. The Bertz CT molecular complexity index is 535. The molecule has 0 unspecified atom stereocenters. The molecule has 94 valence electrons. The lowest BCUT2D eigenvalue weighted by Crippen LogP contribution is -2.27. The van der Waals surface area contributed by atoms with Crippen molar-refractivity contribution in [2.45, 2.75) is 19.4 Å². The van der Waals surface area contributed by atoms with E-state index >= 15 is 0 Å². The average Bonchev–Trinajstić information content (AvgIpc) is 2.33. The quantitative estimate of drug-likeness (QED) is 0.800. The first-order chi connectivity index (χ1) is 8.49. The third-order valence-corrected chi connectivity index (χ3v) is 3.61. The third kappa shape index (κ3) is 2.98. The van der Waals surface area contributed by atoms with E-state index in [1.165, 1.54) is 0 Å². The van der Waals surface area contributed by atoms with Crippen LogP contribution in [0.1, 0.15) is 19.4 Å². The number of anilines is 1. The molecule has 0 spiro atoms. The van der Waals surface area contributed by atoms with Gasteiger partial charge >= 0.3 is 0 Å². The Morgan fingerprint density at radius 1 is 0.889 bits per heavy atom. The maximum absolute atomic E-state index is 6.06. The van der Waals surface area contributed by atoms with Crippen LogP contribution in [0.15, 0.2) is 48.5 Å². The molecule has 2 aromatic carbocycles. The minimum atomic E-state index is -0.213. The molecule has 0 aliphatic carbocycles. The largest absolute Gasteiger partial charge is 0.376 e. The molecule has 0 aromatic heterocycles. The second-order valence-corrected chi connectivity index (χ2v) is 5.56. The van der Waals surface area contributed by atoms with Gasteiger partial charge in [0.25, 0.3) is 0 Å². The Balaban J connectivity index is 2.27. The van der Waals surface area contributed by atoms with Crippen molar-refractivity contribution in [3.63, 3.8) is 0 Å². The van der Waals surface area contributed by atoms with Gasteiger partial charge in [0.2, 0.25) is 0 Å². The molecule has 0 heterocycles. The summed E-state index contributed by atoms with van der Waals surface area (Å²) < 4.78 is 0. The maximum Gasteiger partial charge on any atom is 0.0595 e. The fourth-order valence-electron chi connectivity index (χ4n) is 1.84. The van der Waals surface area contributed by atoms with Crippen LogP contribution in [-0.2, 0) is 5.54 Å². The number of para-hydroxylation sites is 1. The van der Waals surface area contributed by atoms with Gasteiger partial charge in [0, 0.05) is 5.69 Å². The molecule has 0 amide bonds. The van der Waals surface area contributed by atoms with E-state index in [0.29, 0.717) is 10.0 Å². The van der Waals surface area contributed by atoms with Crippen molar-refractivity contribution in [2.24, 2.45) is 0 Å². The first kappa shape index (κ1) is 13.3. The smallest absolute Gasteiger partial charge is 0.0595 e. The SMILES string of the molecule is CC(C)(Nc1ccccc1)c1ccc(Cl)c(Cl)c1. The molecular weight excluding hydrogens is 265 g/mol. The Hall–Kier alpha value is -1.18. The number of halogens is 2. The van der Waals surface area contributed by atoms with Crippen LogP contribution in [0, 0.1) is 0 Å². The van der Waals surface area contributed by atoms with Gasteiger partial charge in [-0.05, 0) is 43.7 Å². The first-order valence-electron chi connectivity index (χ1n) is 5.78. The van der Waals surface area contributed by atoms with Crippen LogP contribution in [0.3, 0.4) is 0 Å². The fourth-order valence-corrected chi connectivity index (χ4v) is 2.14. The lowest BCUT2D eigenvalue weighted by Gasteiger charge is -2.28. The molecule has 0 bridgehead atoms. The summed E-state index contributed by atoms with van der Waals surface area (Å²) in [5.74, 6) is 0. The van der Waals surface area contributed by atoms with Crippen LogP contribution in [0.4, 0.5) is 5.69 Å².